The SMILES string of the molecule is CC1(CN2C(=O)NC(=O)C2=O)CCCS1. The fourth-order valence-electron chi connectivity index (χ4n) is 1.87. The summed E-state index contributed by atoms with van der Waals surface area (Å²) in [5, 5.41) is 2.00. The average Bonchev–Trinajstić information content (AvgIpc) is 2.68. The van der Waals surface area contributed by atoms with E-state index in [0.717, 1.165) is 23.5 Å². The molecule has 15 heavy (non-hydrogen) atoms. The van der Waals surface area contributed by atoms with Gasteiger partial charge in [0.05, 0.1) is 0 Å². The molecule has 0 aliphatic carbocycles. The van der Waals surface area contributed by atoms with E-state index in [9.17, 15) is 14.4 Å². The molecule has 2 heterocycles. The van der Waals surface area contributed by atoms with Crippen LogP contribution < -0.4 is 5.32 Å². The van der Waals surface area contributed by atoms with Gasteiger partial charge in [-0.1, -0.05) is 0 Å². The highest BCUT2D eigenvalue weighted by atomic mass is 32.2. The largest absolute Gasteiger partial charge is 0.331 e. The molecule has 0 aromatic rings. The first kappa shape index (κ1) is 10.5. The third-order valence-electron chi connectivity index (χ3n) is 2.70. The molecule has 0 aromatic heterocycles. The lowest BCUT2D eigenvalue weighted by molar-refractivity contribution is -0.140. The zero-order chi connectivity index (χ0) is 11.1. The topological polar surface area (TPSA) is 66.5 Å². The van der Waals surface area contributed by atoms with Crippen molar-refractivity contribution in [3.63, 3.8) is 0 Å². The summed E-state index contributed by atoms with van der Waals surface area (Å²) in [5.41, 5.74) is 0. The molecule has 2 saturated heterocycles. The molecule has 0 saturated carbocycles. The van der Waals surface area contributed by atoms with E-state index in [4.69, 9.17) is 0 Å². The minimum absolute atomic E-state index is 0.0857. The Kier molecular flexibility index (Phi) is 2.46. The van der Waals surface area contributed by atoms with E-state index in [-0.39, 0.29) is 4.75 Å². The maximum absolute atomic E-state index is 11.3. The molecule has 2 aliphatic rings. The van der Waals surface area contributed by atoms with Gasteiger partial charge in [0.25, 0.3) is 0 Å². The van der Waals surface area contributed by atoms with E-state index < -0.39 is 17.8 Å². The fourth-order valence-corrected chi connectivity index (χ4v) is 3.16. The van der Waals surface area contributed by atoms with Gasteiger partial charge in [-0.15, -0.1) is 0 Å². The van der Waals surface area contributed by atoms with Crippen molar-refractivity contribution in [2.45, 2.75) is 24.5 Å². The van der Waals surface area contributed by atoms with Gasteiger partial charge in [-0.05, 0) is 25.5 Å². The second-order valence-electron chi connectivity index (χ2n) is 4.05. The highest BCUT2D eigenvalue weighted by molar-refractivity contribution is 8.00. The van der Waals surface area contributed by atoms with Crippen LogP contribution in [0.25, 0.3) is 0 Å². The van der Waals surface area contributed by atoms with E-state index in [1.807, 2.05) is 12.2 Å². The summed E-state index contributed by atoms with van der Waals surface area (Å²) in [6.45, 7) is 2.35. The summed E-state index contributed by atoms with van der Waals surface area (Å²) in [7, 11) is 0. The highest BCUT2D eigenvalue weighted by Gasteiger charge is 2.42. The number of hydrogen-bond acceptors (Lipinski definition) is 4. The van der Waals surface area contributed by atoms with E-state index in [1.165, 1.54) is 0 Å². The van der Waals surface area contributed by atoms with Gasteiger partial charge in [0.2, 0.25) is 0 Å². The molecule has 2 aliphatic heterocycles. The van der Waals surface area contributed by atoms with Crippen LogP contribution in [0.4, 0.5) is 4.79 Å². The number of imide groups is 2. The molecular formula is C9H12N2O3S. The van der Waals surface area contributed by atoms with Gasteiger partial charge in [0.15, 0.2) is 0 Å². The molecular weight excluding hydrogens is 216 g/mol. The maximum Gasteiger partial charge on any atom is 0.331 e. The van der Waals surface area contributed by atoms with Crippen molar-refractivity contribution in [3.05, 3.63) is 0 Å². The van der Waals surface area contributed by atoms with Crippen LogP contribution in [0.1, 0.15) is 19.8 Å². The predicted molar refractivity (Wildman–Crippen MR) is 55.3 cm³/mol. The third-order valence-corrected chi connectivity index (χ3v) is 4.22. The van der Waals surface area contributed by atoms with E-state index in [2.05, 4.69) is 0 Å². The Labute approximate surface area is 91.6 Å². The molecule has 82 valence electrons. The minimum Gasteiger partial charge on any atom is -0.269 e. The van der Waals surface area contributed by atoms with E-state index in [0.29, 0.717) is 6.54 Å². The van der Waals surface area contributed by atoms with E-state index >= 15 is 0 Å². The summed E-state index contributed by atoms with van der Waals surface area (Å²) < 4.78 is -0.0857. The Hall–Kier alpha value is -1.04. The van der Waals surface area contributed by atoms with Crippen LogP contribution in [-0.4, -0.2) is 39.8 Å². The maximum atomic E-state index is 11.3. The summed E-state index contributed by atoms with van der Waals surface area (Å²) in [5.74, 6) is -0.492. The number of nitrogens with one attached hydrogen (secondary N) is 1. The van der Waals surface area contributed by atoms with Crippen molar-refractivity contribution < 1.29 is 14.4 Å². The molecule has 1 unspecified atom stereocenters. The average molecular weight is 228 g/mol. The van der Waals surface area contributed by atoms with Gasteiger partial charge in [-0.25, -0.2) is 4.79 Å². The standard InChI is InChI=1S/C9H12N2O3S/c1-9(3-2-4-15-9)5-11-7(13)6(12)10-8(11)14/h2-5H2,1H3,(H,10,12,14). The van der Waals surface area contributed by atoms with Crippen LogP contribution in [0.15, 0.2) is 0 Å². The second kappa shape index (κ2) is 3.52. The van der Waals surface area contributed by atoms with Crippen LogP contribution >= 0.6 is 11.8 Å². The summed E-state index contributed by atoms with van der Waals surface area (Å²) in [6, 6.07) is -0.585. The summed E-state index contributed by atoms with van der Waals surface area (Å²) in [4.78, 5) is 34.6. The molecule has 0 bridgehead atoms. The monoisotopic (exact) mass is 228 g/mol. The number of hydrogen-bond donors (Lipinski definition) is 1. The highest BCUT2D eigenvalue weighted by Crippen LogP contribution is 2.38. The molecule has 1 N–H and O–H groups in total. The first-order valence-electron chi connectivity index (χ1n) is 4.83. The lowest BCUT2D eigenvalue weighted by atomic mass is 10.1. The molecule has 6 heteroatoms. The molecule has 1 atom stereocenters. The lowest BCUT2D eigenvalue weighted by Gasteiger charge is -2.26. The number of rotatable bonds is 2. The Morgan fingerprint density at radius 1 is 1.47 bits per heavy atom. The number of nitrogens with zero attached hydrogens (tertiary/aromatic N) is 1. The minimum atomic E-state index is -0.813. The van der Waals surface area contributed by atoms with Crippen LogP contribution in [0, 0.1) is 0 Å². The van der Waals surface area contributed by atoms with Crippen LogP contribution in [0.2, 0.25) is 0 Å². The van der Waals surface area contributed by atoms with Crippen LogP contribution in [0.5, 0.6) is 0 Å². The van der Waals surface area contributed by atoms with Gasteiger partial charge in [0.1, 0.15) is 0 Å². The Balaban J connectivity index is 2.08. The fraction of sp³-hybridized carbons (Fsp3) is 0.667. The predicted octanol–water partition coefficient (Wildman–Crippen LogP) is 0.351. The molecule has 0 radical (unpaired) electrons. The molecule has 4 amide bonds. The van der Waals surface area contributed by atoms with Crippen molar-refractivity contribution >= 4 is 29.6 Å². The Morgan fingerprint density at radius 3 is 2.67 bits per heavy atom. The van der Waals surface area contributed by atoms with Gasteiger partial charge in [0, 0.05) is 11.3 Å². The molecule has 0 aromatic carbocycles. The zero-order valence-corrected chi connectivity index (χ0v) is 9.23. The smallest absolute Gasteiger partial charge is 0.269 e. The van der Waals surface area contributed by atoms with Crippen LogP contribution in [-0.2, 0) is 9.59 Å². The first-order valence-corrected chi connectivity index (χ1v) is 5.81. The van der Waals surface area contributed by atoms with Gasteiger partial charge < -0.3 is 0 Å². The Bertz CT molecular complexity index is 336. The second-order valence-corrected chi connectivity index (χ2v) is 5.74. The number of carbonyl (C=O) groups is 3. The summed E-state index contributed by atoms with van der Waals surface area (Å²) >= 11 is 1.75. The lowest BCUT2D eigenvalue weighted by Crippen LogP contribution is -2.41. The number of urea groups is 1. The zero-order valence-electron chi connectivity index (χ0n) is 8.41. The first-order chi connectivity index (χ1) is 7.02. The van der Waals surface area contributed by atoms with E-state index in [1.54, 1.807) is 11.8 Å². The number of carbonyl (C=O) groups excluding carboxylic acids is 3. The van der Waals surface area contributed by atoms with Crippen molar-refractivity contribution in [2.75, 3.05) is 12.3 Å². The number of thioether (sulfide) groups is 1. The third kappa shape index (κ3) is 1.86. The van der Waals surface area contributed by atoms with Gasteiger partial charge >= 0.3 is 17.8 Å². The normalized spacial score (nSPS) is 31.3. The van der Waals surface area contributed by atoms with Crippen LogP contribution in [0.3, 0.4) is 0 Å². The molecule has 2 rings (SSSR count). The molecule has 0 spiro atoms. The van der Waals surface area contributed by atoms with Gasteiger partial charge in [-0.3, -0.25) is 19.8 Å². The quantitative estimate of drug-likeness (QED) is 0.547. The Morgan fingerprint density at radius 2 is 2.20 bits per heavy atom. The molecule has 2 fully saturated rings. The summed E-state index contributed by atoms with van der Waals surface area (Å²) in [6.07, 6.45) is 2.07. The number of amides is 4. The van der Waals surface area contributed by atoms with Gasteiger partial charge in [-0.2, -0.15) is 11.8 Å². The van der Waals surface area contributed by atoms with Crippen molar-refractivity contribution in [1.82, 2.24) is 10.2 Å². The van der Waals surface area contributed by atoms with Crippen molar-refractivity contribution in [2.24, 2.45) is 0 Å². The van der Waals surface area contributed by atoms with Crippen molar-refractivity contribution in [3.8, 4) is 0 Å². The van der Waals surface area contributed by atoms with Crippen molar-refractivity contribution in [1.29, 1.82) is 0 Å². The molecule has 5 nitrogen and oxygen atoms in total.